The monoisotopic (exact) mass is 488 g/mol. The van der Waals surface area contributed by atoms with Gasteiger partial charge in [-0.2, -0.15) is 0 Å². The van der Waals surface area contributed by atoms with E-state index in [9.17, 15) is 14.7 Å². The predicted molar refractivity (Wildman–Crippen MR) is 135 cm³/mol. The average Bonchev–Trinajstić information content (AvgIpc) is 3.26. The summed E-state index contributed by atoms with van der Waals surface area (Å²) in [6.07, 6.45) is 0. The summed E-state index contributed by atoms with van der Waals surface area (Å²) >= 11 is 5.89. The Morgan fingerprint density at radius 2 is 1.91 bits per heavy atom. The van der Waals surface area contributed by atoms with Gasteiger partial charge in [0.2, 0.25) is 0 Å². The van der Waals surface area contributed by atoms with Crippen LogP contribution in [0.25, 0.3) is 33.5 Å². The van der Waals surface area contributed by atoms with Crippen LogP contribution in [0.2, 0.25) is 5.15 Å². The Kier molecular flexibility index (Phi) is 5.53. The minimum atomic E-state index is -1.20. The first-order chi connectivity index (χ1) is 16.7. The second-order valence-electron chi connectivity index (χ2n) is 8.40. The topological polar surface area (TPSA) is 110 Å². The van der Waals surface area contributed by atoms with E-state index in [0.717, 1.165) is 16.5 Å². The molecule has 0 aliphatic heterocycles. The average molecular weight is 489 g/mol. The normalized spacial score (nSPS) is 12.2. The maximum Gasteiger partial charge on any atom is 0.356 e. The van der Waals surface area contributed by atoms with E-state index in [2.05, 4.69) is 10.3 Å². The standard InChI is InChI=1S/C26H21ClN4O4/c1-13-10-16(14(2)28-18-8-9-21(27)29-23(18)26(33)34)22-17(11-13)25(32)31(3)24(30-22)20-12-15-6-4-5-7-19(15)35-20/h4-12,14,28H,1-3H3,(H,33,34)/t14-/m1/s1. The quantitative estimate of drug-likeness (QED) is 0.311. The minimum absolute atomic E-state index is 0.0854. The Labute approximate surface area is 204 Å². The molecule has 176 valence electrons. The van der Waals surface area contributed by atoms with E-state index in [-0.39, 0.29) is 16.4 Å². The van der Waals surface area contributed by atoms with Gasteiger partial charge in [-0.25, -0.2) is 14.8 Å². The lowest BCUT2D eigenvalue weighted by Gasteiger charge is -2.20. The SMILES string of the molecule is Cc1cc([C@@H](C)Nc2ccc(Cl)nc2C(=O)O)c2nc(-c3cc4ccccc4o3)n(C)c(=O)c2c1. The van der Waals surface area contributed by atoms with E-state index in [4.69, 9.17) is 21.0 Å². The summed E-state index contributed by atoms with van der Waals surface area (Å²) in [6.45, 7) is 3.77. The Hall–Kier alpha value is -4.17. The first-order valence-electron chi connectivity index (χ1n) is 10.9. The number of nitrogens with one attached hydrogen (secondary N) is 1. The second-order valence-corrected chi connectivity index (χ2v) is 8.79. The number of carboxylic acids is 1. The van der Waals surface area contributed by atoms with Crippen molar-refractivity contribution in [3.63, 3.8) is 0 Å². The molecule has 1 atom stereocenters. The van der Waals surface area contributed by atoms with Crippen molar-refractivity contribution in [1.82, 2.24) is 14.5 Å². The maximum absolute atomic E-state index is 13.4. The Balaban J connectivity index is 1.67. The molecule has 0 amide bonds. The van der Waals surface area contributed by atoms with Crippen LogP contribution < -0.4 is 10.9 Å². The molecule has 5 aromatic rings. The highest BCUT2D eigenvalue weighted by molar-refractivity contribution is 6.29. The van der Waals surface area contributed by atoms with Gasteiger partial charge in [-0.1, -0.05) is 35.9 Å². The number of furan rings is 1. The lowest BCUT2D eigenvalue weighted by Crippen LogP contribution is -2.22. The van der Waals surface area contributed by atoms with Crippen LogP contribution in [0.3, 0.4) is 0 Å². The smallest absolute Gasteiger partial charge is 0.356 e. The molecular weight excluding hydrogens is 468 g/mol. The summed E-state index contributed by atoms with van der Waals surface area (Å²) in [5, 5.41) is 14.2. The highest BCUT2D eigenvalue weighted by Crippen LogP contribution is 2.31. The van der Waals surface area contributed by atoms with E-state index in [1.165, 1.54) is 10.6 Å². The van der Waals surface area contributed by atoms with Crippen molar-refractivity contribution in [3.8, 4) is 11.6 Å². The number of hydrogen-bond donors (Lipinski definition) is 2. The molecule has 35 heavy (non-hydrogen) atoms. The van der Waals surface area contributed by atoms with Crippen LogP contribution in [-0.2, 0) is 7.05 Å². The zero-order valence-corrected chi connectivity index (χ0v) is 19.9. The molecule has 2 aromatic carbocycles. The summed E-state index contributed by atoms with van der Waals surface area (Å²) in [7, 11) is 1.67. The first kappa shape index (κ1) is 22.6. The lowest BCUT2D eigenvalue weighted by atomic mass is 10.0. The molecule has 8 nitrogen and oxygen atoms in total. The van der Waals surface area contributed by atoms with Crippen molar-refractivity contribution in [2.24, 2.45) is 7.05 Å². The summed E-state index contributed by atoms with van der Waals surface area (Å²) < 4.78 is 7.47. The molecule has 0 radical (unpaired) electrons. The summed E-state index contributed by atoms with van der Waals surface area (Å²) in [5.41, 5.74) is 2.74. The minimum Gasteiger partial charge on any atom is -0.476 e. The van der Waals surface area contributed by atoms with Crippen LogP contribution in [0.5, 0.6) is 0 Å². The molecule has 0 spiro atoms. The number of benzene rings is 2. The molecular formula is C26H21ClN4O4. The lowest BCUT2D eigenvalue weighted by molar-refractivity contribution is 0.0691. The number of aromatic nitrogens is 3. The second kappa shape index (κ2) is 8.56. The van der Waals surface area contributed by atoms with Crippen LogP contribution in [0.1, 0.15) is 34.6 Å². The summed E-state index contributed by atoms with van der Waals surface area (Å²) in [6, 6.07) is 15.9. The predicted octanol–water partition coefficient (Wildman–Crippen LogP) is 5.57. The number of carbonyl (C=O) groups is 1. The zero-order valence-electron chi connectivity index (χ0n) is 19.2. The molecule has 0 unspecified atom stereocenters. The molecule has 9 heteroatoms. The zero-order chi connectivity index (χ0) is 24.9. The van der Waals surface area contributed by atoms with Crippen molar-refractivity contribution in [2.75, 3.05) is 5.32 Å². The number of anilines is 1. The van der Waals surface area contributed by atoms with Gasteiger partial charge < -0.3 is 14.8 Å². The van der Waals surface area contributed by atoms with Crippen LogP contribution in [0.15, 0.2) is 63.8 Å². The van der Waals surface area contributed by atoms with Gasteiger partial charge in [0, 0.05) is 18.0 Å². The van der Waals surface area contributed by atoms with Crippen molar-refractivity contribution in [1.29, 1.82) is 0 Å². The molecule has 0 aliphatic rings. The van der Waals surface area contributed by atoms with Crippen molar-refractivity contribution in [2.45, 2.75) is 19.9 Å². The van der Waals surface area contributed by atoms with Gasteiger partial charge in [0.05, 0.1) is 22.6 Å². The van der Waals surface area contributed by atoms with Gasteiger partial charge in [0.15, 0.2) is 17.3 Å². The van der Waals surface area contributed by atoms with Gasteiger partial charge in [0.1, 0.15) is 10.7 Å². The first-order valence-corrected chi connectivity index (χ1v) is 11.3. The molecule has 0 fully saturated rings. The third-order valence-corrected chi connectivity index (χ3v) is 6.11. The summed E-state index contributed by atoms with van der Waals surface area (Å²) in [4.78, 5) is 33.8. The number of fused-ring (bicyclic) bond motifs is 2. The van der Waals surface area contributed by atoms with E-state index < -0.39 is 12.0 Å². The molecule has 3 aromatic heterocycles. The van der Waals surface area contributed by atoms with Gasteiger partial charge in [-0.05, 0) is 49.7 Å². The fraction of sp³-hybridized carbons (Fsp3) is 0.154. The van der Waals surface area contributed by atoms with Gasteiger partial charge in [-0.3, -0.25) is 9.36 Å². The Morgan fingerprint density at radius 3 is 2.66 bits per heavy atom. The van der Waals surface area contributed by atoms with E-state index in [1.807, 2.05) is 50.2 Å². The number of halogens is 1. The fourth-order valence-corrected chi connectivity index (χ4v) is 4.37. The van der Waals surface area contributed by atoms with E-state index >= 15 is 0 Å². The summed E-state index contributed by atoms with van der Waals surface area (Å²) in [5.74, 6) is -0.319. The van der Waals surface area contributed by atoms with E-state index in [1.54, 1.807) is 19.2 Å². The van der Waals surface area contributed by atoms with Gasteiger partial charge in [-0.15, -0.1) is 0 Å². The molecule has 5 rings (SSSR count). The third kappa shape index (κ3) is 4.02. The molecule has 2 N–H and O–H groups in total. The van der Waals surface area contributed by atoms with Crippen LogP contribution in [-0.4, -0.2) is 25.6 Å². The highest BCUT2D eigenvalue weighted by atomic mass is 35.5. The van der Waals surface area contributed by atoms with E-state index in [0.29, 0.717) is 33.8 Å². The number of pyridine rings is 1. The molecule has 0 aliphatic carbocycles. The molecule has 0 saturated heterocycles. The van der Waals surface area contributed by atoms with Gasteiger partial charge in [0.25, 0.3) is 5.56 Å². The number of rotatable bonds is 5. The van der Waals surface area contributed by atoms with Crippen molar-refractivity contribution < 1.29 is 14.3 Å². The third-order valence-electron chi connectivity index (χ3n) is 5.90. The molecule has 3 heterocycles. The number of nitrogens with zero attached hydrogens (tertiary/aromatic N) is 3. The van der Waals surface area contributed by atoms with Crippen molar-refractivity contribution >= 4 is 45.1 Å². The fourth-order valence-electron chi connectivity index (χ4n) is 4.22. The highest BCUT2D eigenvalue weighted by Gasteiger charge is 2.21. The van der Waals surface area contributed by atoms with Gasteiger partial charge >= 0.3 is 5.97 Å². The van der Waals surface area contributed by atoms with Crippen LogP contribution in [0, 0.1) is 6.92 Å². The molecule has 0 saturated carbocycles. The number of para-hydroxylation sites is 1. The number of aromatic carboxylic acids is 1. The largest absolute Gasteiger partial charge is 0.476 e. The number of hydrogen-bond acceptors (Lipinski definition) is 6. The number of carboxylic acid groups (broad SMARTS) is 1. The van der Waals surface area contributed by atoms with Crippen LogP contribution in [0.4, 0.5) is 5.69 Å². The van der Waals surface area contributed by atoms with Crippen LogP contribution >= 0.6 is 11.6 Å². The Bertz CT molecular complexity index is 1660. The van der Waals surface area contributed by atoms with Crippen molar-refractivity contribution in [3.05, 3.63) is 86.9 Å². The number of aryl methyl sites for hydroxylation is 1. The maximum atomic E-state index is 13.4. The Morgan fingerprint density at radius 1 is 1.14 bits per heavy atom. The molecule has 0 bridgehead atoms.